The van der Waals surface area contributed by atoms with Gasteiger partial charge in [-0.25, -0.2) is 4.79 Å². The number of esters is 1. The fourth-order valence-electron chi connectivity index (χ4n) is 1.13. The molecule has 0 spiro atoms. The molecule has 0 N–H and O–H groups in total. The molecule has 0 saturated heterocycles. The largest absolute Gasteiger partial charge is 0.482 e. The molecule has 0 aromatic heterocycles. The summed E-state index contributed by atoms with van der Waals surface area (Å²) in [6, 6.07) is 5.48. The summed E-state index contributed by atoms with van der Waals surface area (Å²) in [6.45, 7) is 7.98. The monoisotopic (exact) mass is 256 g/mol. The molecule has 0 aliphatic heterocycles. The van der Waals surface area contributed by atoms with Crippen molar-refractivity contribution in [1.82, 2.24) is 0 Å². The zero-order valence-electron chi connectivity index (χ0n) is 10.8. The van der Waals surface area contributed by atoms with Crippen LogP contribution in [0, 0.1) is 6.92 Å². The molecule has 0 bridgehead atoms. The maximum absolute atomic E-state index is 11.0. The first-order valence-electron chi connectivity index (χ1n) is 5.71. The summed E-state index contributed by atoms with van der Waals surface area (Å²) in [5.74, 6) is 0.327. The van der Waals surface area contributed by atoms with Gasteiger partial charge in [-0.15, -0.1) is 12.6 Å². The molecule has 1 rings (SSSR count). The van der Waals surface area contributed by atoms with E-state index in [0.29, 0.717) is 12.4 Å². The third-order valence-corrected chi connectivity index (χ3v) is 2.09. The van der Waals surface area contributed by atoms with E-state index >= 15 is 0 Å². The van der Waals surface area contributed by atoms with E-state index in [1.54, 1.807) is 13.0 Å². The molecule has 0 saturated carbocycles. The zero-order chi connectivity index (χ0) is 13.3. The van der Waals surface area contributed by atoms with Crippen molar-refractivity contribution in [3.63, 3.8) is 0 Å². The van der Waals surface area contributed by atoms with Gasteiger partial charge >= 0.3 is 5.97 Å². The molecule has 17 heavy (non-hydrogen) atoms. The van der Waals surface area contributed by atoms with Gasteiger partial charge < -0.3 is 9.47 Å². The second-order valence-corrected chi connectivity index (χ2v) is 3.56. The summed E-state index contributed by atoms with van der Waals surface area (Å²) in [4.78, 5) is 11.9. The van der Waals surface area contributed by atoms with Crippen LogP contribution in [0.1, 0.15) is 26.3 Å². The molecular weight excluding hydrogens is 236 g/mol. The maximum Gasteiger partial charge on any atom is 0.344 e. The first-order chi connectivity index (χ1) is 8.13. The highest BCUT2D eigenvalue weighted by molar-refractivity contribution is 7.80. The number of rotatable bonds is 4. The zero-order valence-corrected chi connectivity index (χ0v) is 11.7. The van der Waals surface area contributed by atoms with Crippen molar-refractivity contribution >= 4 is 18.6 Å². The minimum absolute atomic E-state index is 0.0550. The molecule has 1 aromatic carbocycles. The predicted octanol–water partition coefficient (Wildman–Crippen LogP) is 3.25. The Kier molecular flexibility index (Phi) is 8.32. The molecule has 4 heteroatoms. The summed E-state index contributed by atoms with van der Waals surface area (Å²) >= 11 is 4.20. The topological polar surface area (TPSA) is 35.5 Å². The van der Waals surface area contributed by atoms with Gasteiger partial charge in [-0.05, 0) is 37.6 Å². The van der Waals surface area contributed by atoms with Crippen LogP contribution in [0.25, 0.3) is 0 Å². The van der Waals surface area contributed by atoms with Crippen LogP contribution in [0.5, 0.6) is 5.75 Å². The standard InChI is InChI=1S/C11H14O3S.C2H6/c1-3-13-11(12)7-14-10-5-4-9(15)6-8(10)2;1-2/h4-6,15H,3,7H2,1-2H3;1-2H3. The average Bonchev–Trinajstić information content (AvgIpc) is 2.31. The lowest BCUT2D eigenvalue weighted by atomic mass is 10.2. The van der Waals surface area contributed by atoms with Gasteiger partial charge in [-0.2, -0.15) is 0 Å². The molecule has 0 fully saturated rings. The Morgan fingerprint density at radius 1 is 1.35 bits per heavy atom. The number of benzene rings is 1. The number of carbonyl (C=O) groups is 1. The molecule has 0 unspecified atom stereocenters. The Balaban J connectivity index is 0.00000121. The quantitative estimate of drug-likeness (QED) is 0.663. The van der Waals surface area contributed by atoms with Crippen molar-refractivity contribution in [1.29, 1.82) is 0 Å². The number of hydrogen-bond donors (Lipinski definition) is 1. The second kappa shape index (κ2) is 8.93. The fraction of sp³-hybridized carbons (Fsp3) is 0.462. The third-order valence-electron chi connectivity index (χ3n) is 1.81. The Hall–Kier alpha value is -1.16. The van der Waals surface area contributed by atoms with Crippen molar-refractivity contribution < 1.29 is 14.3 Å². The summed E-state index contributed by atoms with van der Waals surface area (Å²) < 4.78 is 10.0. The van der Waals surface area contributed by atoms with Gasteiger partial charge in [-0.1, -0.05) is 13.8 Å². The lowest BCUT2D eigenvalue weighted by molar-refractivity contribution is -0.145. The molecule has 0 aliphatic carbocycles. The smallest absolute Gasteiger partial charge is 0.344 e. The summed E-state index contributed by atoms with van der Waals surface area (Å²) in [5.41, 5.74) is 0.951. The number of aryl methyl sites for hydroxylation is 1. The molecule has 0 heterocycles. The molecule has 0 atom stereocenters. The van der Waals surface area contributed by atoms with E-state index in [1.165, 1.54) is 0 Å². The van der Waals surface area contributed by atoms with E-state index < -0.39 is 0 Å². The SMILES string of the molecule is CC.CCOC(=O)COc1ccc(S)cc1C. The summed E-state index contributed by atoms with van der Waals surface area (Å²) in [7, 11) is 0. The molecular formula is C13H20O3S. The van der Waals surface area contributed by atoms with Crippen LogP contribution >= 0.6 is 12.6 Å². The van der Waals surface area contributed by atoms with Gasteiger partial charge in [0.05, 0.1) is 6.61 Å². The van der Waals surface area contributed by atoms with E-state index in [4.69, 9.17) is 9.47 Å². The molecule has 0 amide bonds. The first kappa shape index (κ1) is 15.8. The van der Waals surface area contributed by atoms with Crippen LogP contribution in [0.15, 0.2) is 23.1 Å². The Morgan fingerprint density at radius 3 is 2.53 bits per heavy atom. The Labute approximate surface area is 109 Å². The van der Waals surface area contributed by atoms with Crippen molar-refractivity contribution in [2.45, 2.75) is 32.6 Å². The highest BCUT2D eigenvalue weighted by Gasteiger charge is 2.04. The van der Waals surface area contributed by atoms with Gasteiger partial charge in [0, 0.05) is 4.90 Å². The van der Waals surface area contributed by atoms with Gasteiger partial charge in [0.25, 0.3) is 0 Å². The van der Waals surface area contributed by atoms with E-state index in [1.807, 2.05) is 32.9 Å². The Bertz CT molecular complexity index is 351. The predicted molar refractivity (Wildman–Crippen MR) is 71.9 cm³/mol. The molecule has 0 radical (unpaired) electrons. The molecule has 1 aromatic rings. The van der Waals surface area contributed by atoms with Gasteiger partial charge in [0.1, 0.15) is 5.75 Å². The molecule has 96 valence electrons. The van der Waals surface area contributed by atoms with E-state index in [2.05, 4.69) is 12.6 Å². The fourth-order valence-corrected chi connectivity index (χ4v) is 1.40. The number of thiol groups is 1. The van der Waals surface area contributed by atoms with Crippen LogP contribution in [0.2, 0.25) is 0 Å². The van der Waals surface area contributed by atoms with Crippen molar-refractivity contribution in [2.24, 2.45) is 0 Å². The van der Waals surface area contributed by atoms with E-state index in [-0.39, 0.29) is 12.6 Å². The average molecular weight is 256 g/mol. The van der Waals surface area contributed by atoms with Crippen LogP contribution in [-0.2, 0) is 9.53 Å². The van der Waals surface area contributed by atoms with Crippen LogP contribution in [-0.4, -0.2) is 19.2 Å². The van der Waals surface area contributed by atoms with Crippen molar-refractivity contribution in [3.8, 4) is 5.75 Å². The lowest BCUT2D eigenvalue weighted by Gasteiger charge is -2.08. The number of carbonyl (C=O) groups excluding carboxylic acids is 1. The van der Waals surface area contributed by atoms with Gasteiger partial charge in [0.2, 0.25) is 0 Å². The summed E-state index contributed by atoms with van der Waals surface area (Å²) in [6.07, 6.45) is 0. The maximum atomic E-state index is 11.0. The van der Waals surface area contributed by atoms with E-state index in [9.17, 15) is 4.79 Å². The summed E-state index contributed by atoms with van der Waals surface area (Å²) in [5, 5.41) is 0. The van der Waals surface area contributed by atoms with Crippen molar-refractivity contribution in [2.75, 3.05) is 13.2 Å². The molecule has 0 aliphatic rings. The number of hydrogen-bond acceptors (Lipinski definition) is 4. The number of ether oxygens (including phenoxy) is 2. The third kappa shape index (κ3) is 6.22. The highest BCUT2D eigenvalue weighted by atomic mass is 32.1. The van der Waals surface area contributed by atoms with Gasteiger partial charge in [-0.3, -0.25) is 0 Å². The van der Waals surface area contributed by atoms with Crippen LogP contribution < -0.4 is 4.74 Å². The van der Waals surface area contributed by atoms with E-state index in [0.717, 1.165) is 10.5 Å². The molecule has 3 nitrogen and oxygen atoms in total. The van der Waals surface area contributed by atoms with Crippen LogP contribution in [0.4, 0.5) is 0 Å². The minimum atomic E-state index is -0.355. The van der Waals surface area contributed by atoms with Crippen LogP contribution in [0.3, 0.4) is 0 Å². The Morgan fingerprint density at radius 2 is 2.00 bits per heavy atom. The second-order valence-electron chi connectivity index (χ2n) is 3.04. The first-order valence-corrected chi connectivity index (χ1v) is 6.16. The minimum Gasteiger partial charge on any atom is -0.482 e. The van der Waals surface area contributed by atoms with Crippen molar-refractivity contribution in [3.05, 3.63) is 23.8 Å². The van der Waals surface area contributed by atoms with Gasteiger partial charge in [0.15, 0.2) is 6.61 Å². The normalized spacial score (nSPS) is 9.00. The highest BCUT2D eigenvalue weighted by Crippen LogP contribution is 2.20. The lowest BCUT2D eigenvalue weighted by Crippen LogP contribution is -2.14.